The van der Waals surface area contributed by atoms with Crippen molar-refractivity contribution in [1.29, 1.82) is 0 Å². The molecule has 0 aliphatic carbocycles. The Morgan fingerprint density at radius 3 is 2.07 bits per heavy atom. The predicted octanol–water partition coefficient (Wildman–Crippen LogP) is -2.68. The van der Waals surface area contributed by atoms with Crippen LogP contribution in [0.1, 0.15) is 6.42 Å². The molecule has 0 radical (unpaired) electrons. The quantitative estimate of drug-likeness (QED) is 0.520. The van der Waals surface area contributed by atoms with Crippen molar-refractivity contribution >= 4 is 61.6 Å². The maximum Gasteiger partial charge on any atom is 2.00 e. The first-order valence-corrected chi connectivity index (χ1v) is 4.66. The van der Waals surface area contributed by atoms with Gasteiger partial charge in [-0.3, -0.25) is 4.79 Å². The van der Waals surface area contributed by atoms with E-state index >= 15 is 0 Å². The monoisotopic (exact) mass is 249 g/mol. The summed E-state index contributed by atoms with van der Waals surface area (Å²) >= 11 is 1.60. The average Bonchev–Trinajstić information content (AvgIpc) is 1.98. The maximum atomic E-state index is 10.1. The fourth-order valence-electron chi connectivity index (χ4n) is 0.368. The van der Waals surface area contributed by atoms with Crippen molar-refractivity contribution in [3.63, 3.8) is 0 Å². The van der Waals surface area contributed by atoms with Gasteiger partial charge in [0.1, 0.15) is 6.04 Å². The van der Waals surface area contributed by atoms with Gasteiger partial charge >= 0.3 is 43.7 Å². The van der Waals surface area contributed by atoms with E-state index in [0.29, 0.717) is 6.42 Å². The maximum absolute atomic E-state index is 10.1. The van der Waals surface area contributed by atoms with Gasteiger partial charge in [0.05, 0.1) is 0 Å². The van der Waals surface area contributed by atoms with Crippen LogP contribution in [-0.2, 0) is 4.79 Å². The van der Waals surface area contributed by atoms with Crippen LogP contribution in [0.15, 0.2) is 0 Å². The Morgan fingerprint density at radius 2 is 1.86 bits per heavy atom. The van der Waals surface area contributed by atoms with Gasteiger partial charge < -0.3 is 25.8 Å². The van der Waals surface area contributed by atoms with Gasteiger partial charge in [0.15, 0.2) is 0 Å². The molecule has 0 aliphatic heterocycles. The molecule has 0 heterocycles. The number of aliphatic carboxylic acids is 1. The second-order valence-corrected chi connectivity index (χ2v) is 2.96. The summed E-state index contributed by atoms with van der Waals surface area (Å²) in [5.74, 6) is -0.1000. The third-order valence-corrected chi connectivity index (χ3v) is 1.59. The molecule has 0 aliphatic rings. The molecule has 0 rings (SSSR count). The Labute approximate surface area is 116 Å². The number of carboxylic acids is 1. The van der Waals surface area contributed by atoms with Gasteiger partial charge in [0, 0.05) is 0 Å². The second kappa shape index (κ2) is 13.3. The number of hydrogen-bond donors (Lipinski definition) is 2. The minimum absolute atomic E-state index is 0. The van der Waals surface area contributed by atoms with E-state index in [0.717, 1.165) is 5.75 Å². The summed E-state index contributed by atoms with van der Waals surface area (Å²) < 4.78 is 0. The molecule has 0 aromatic rings. The number of thioether (sulfide) groups is 1. The molecule has 0 fully saturated rings. The Balaban J connectivity index is -0.000000209. The zero-order valence-electron chi connectivity index (χ0n) is 7.76. The Hall–Kier alpha value is 0.310. The van der Waals surface area contributed by atoms with Crippen LogP contribution < -0.4 is 15.9 Å². The van der Waals surface area contributed by atoms with Gasteiger partial charge in [-0.25, -0.2) is 0 Å². The van der Waals surface area contributed by atoms with Crippen LogP contribution in [-0.4, -0.2) is 73.0 Å². The van der Waals surface area contributed by atoms with E-state index in [1.165, 1.54) is 0 Å². The van der Waals surface area contributed by atoms with Gasteiger partial charge in [-0.15, -0.1) is 0 Å². The summed E-state index contributed by atoms with van der Waals surface area (Å²) in [4.78, 5) is 18.4. The molecule has 0 saturated carbocycles. The summed E-state index contributed by atoms with van der Waals surface area (Å²) in [6.07, 6.45) is 0.144. The molecule has 3 N–H and O–H groups in total. The number of carbonyl (C=O) groups is 2. The molecule has 8 heteroatoms. The summed E-state index contributed by atoms with van der Waals surface area (Å²) in [5, 5.41) is 24.9. The third-order valence-electron chi connectivity index (χ3n) is 0.950. The van der Waals surface area contributed by atoms with Crippen LogP contribution in [0, 0.1) is 0 Å². The molecule has 1 atom stereocenters. The molecule has 0 aromatic heterocycles. The van der Waals surface area contributed by atoms with Crippen molar-refractivity contribution in [2.75, 3.05) is 12.0 Å². The van der Waals surface area contributed by atoms with Crippen molar-refractivity contribution in [1.82, 2.24) is 0 Å². The standard InChI is InChI=1S/C5H11NO2S.CH2O3.Ca/c1-9-3-2-4(6)5(7)8;2-1(3)4;/h4H,2-3,6H2,1H3,(H,7,8);(H2,2,3,4);/q;;+2/p-2. The smallest absolute Gasteiger partial charge is 0.652 e. The topological polar surface area (TPSA) is 127 Å². The molecule has 0 saturated heterocycles. The Kier molecular flexibility index (Phi) is 18.8. The van der Waals surface area contributed by atoms with E-state index in [4.69, 9.17) is 25.8 Å². The van der Waals surface area contributed by atoms with Crippen LogP contribution in [0.4, 0.5) is 4.79 Å². The molecule has 0 spiro atoms. The number of nitrogens with two attached hydrogens (primary N) is 1. The minimum Gasteiger partial charge on any atom is -0.652 e. The largest absolute Gasteiger partial charge is 2.00 e. The molecule has 0 bridgehead atoms. The van der Waals surface area contributed by atoms with Crippen LogP contribution in [0.25, 0.3) is 0 Å². The number of carbonyl (C=O) groups excluding carboxylic acids is 1. The van der Waals surface area contributed by atoms with Gasteiger partial charge in [-0.1, -0.05) is 0 Å². The van der Waals surface area contributed by atoms with Crippen molar-refractivity contribution in [3.8, 4) is 0 Å². The predicted molar refractivity (Wildman–Crippen MR) is 49.8 cm³/mol. The summed E-state index contributed by atoms with van der Waals surface area (Å²) in [5.41, 5.74) is 5.19. The second-order valence-electron chi connectivity index (χ2n) is 1.98. The fraction of sp³-hybridized carbons (Fsp3) is 0.667. The summed E-state index contributed by atoms with van der Waals surface area (Å²) in [6, 6.07) is -0.683. The van der Waals surface area contributed by atoms with E-state index in [-0.39, 0.29) is 37.7 Å². The molecule has 1 unspecified atom stereocenters. The van der Waals surface area contributed by atoms with Crippen molar-refractivity contribution in [2.45, 2.75) is 12.5 Å². The molecular formula is C6H11CaNO5S. The van der Waals surface area contributed by atoms with Crippen molar-refractivity contribution in [2.24, 2.45) is 5.73 Å². The third kappa shape index (κ3) is 22.8. The Bertz CT molecular complexity index is 164. The van der Waals surface area contributed by atoms with Gasteiger partial charge in [-0.05, 0) is 24.6 Å². The normalized spacial score (nSPS) is 10.1. The van der Waals surface area contributed by atoms with E-state index in [1.54, 1.807) is 11.8 Å². The first-order valence-electron chi connectivity index (χ1n) is 3.27. The minimum atomic E-state index is -2.33. The summed E-state index contributed by atoms with van der Waals surface area (Å²) in [6.45, 7) is 0. The van der Waals surface area contributed by atoms with E-state index in [9.17, 15) is 4.79 Å². The van der Waals surface area contributed by atoms with Crippen LogP contribution in [0.3, 0.4) is 0 Å². The van der Waals surface area contributed by atoms with Crippen LogP contribution in [0.2, 0.25) is 0 Å². The molecule has 0 aromatic carbocycles. The Morgan fingerprint density at radius 1 is 1.50 bits per heavy atom. The average molecular weight is 249 g/mol. The summed E-state index contributed by atoms with van der Waals surface area (Å²) in [7, 11) is 0. The van der Waals surface area contributed by atoms with Crippen molar-refractivity contribution < 1.29 is 24.9 Å². The molecule has 0 amide bonds. The number of hydrogen-bond acceptors (Lipinski definition) is 6. The molecular weight excluding hydrogens is 238 g/mol. The fourth-order valence-corrected chi connectivity index (χ4v) is 0.858. The van der Waals surface area contributed by atoms with Gasteiger partial charge in [0.2, 0.25) is 0 Å². The first kappa shape index (κ1) is 19.8. The van der Waals surface area contributed by atoms with E-state index < -0.39 is 18.2 Å². The number of rotatable bonds is 4. The van der Waals surface area contributed by atoms with Crippen LogP contribution in [0.5, 0.6) is 0 Å². The SMILES string of the molecule is CSCCC(N)C(=O)O.O=C([O-])[O-].[Ca+2]. The van der Waals surface area contributed by atoms with Crippen molar-refractivity contribution in [3.05, 3.63) is 0 Å². The molecule has 78 valence electrons. The first-order chi connectivity index (χ1) is 5.91. The van der Waals surface area contributed by atoms with Crippen LogP contribution >= 0.6 is 11.8 Å². The molecule has 6 nitrogen and oxygen atoms in total. The van der Waals surface area contributed by atoms with E-state index in [1.807, 2.05) is 6.26 Å². The number of carboxylic acid groups (broad SMARTS) is 3. The zero-order chi connectivity index (χ0) is 10.9. The van der Waals surface area contributed by atoms with Gasteiger partial charge in [-0.2, -0.15) is 11.8 Å². The molecule has 14 heavy (non-hydrogen) atoms. The van der Waals surface area contributed by atoms with E-state index in [2.05, 4.69) is 0 Å². The zero-order valence-corrected chi connectivity index (χ0v) is 10.8. The van der Waals surface area contributed by atoms with Gasteiger partial charge in [0.25, 0.3) is 0 Å².